The van der Waals surface area contributed by atoms with Crippen LogP contribution in [-0.2, 0) is 19.2 Å². The van der Waals surface area contributed by atoms with Gasteiger partial charge in [-0.3, -0.25) is 14.5 Å². The maximum atomic E-state index is 12.6. The molecule has 14 heteroatoms. The average molecular weight is 435 g/mol. The molecule has 4 N–H and O–H groups in total. The molecule has 0 radical (unpaired) electrons. The smallest absolute Gasteiger partial charge is 0.543 e. The summed E-state index contributed by atoms with van der Waals surface area (Å²) in [5, 5.41) is 27.2. The molecule has 0 spiro atoms. The zero-order chi connectivity index (χ0) is 19.6. The van der Waals surface area contributed by atoms with Crippen LogP contribution in [0.1, 0.15) is 5.69 Å². The number of fused-ring (bicyclic) bond motifs is 1. The summed E-state index contributed by atoms with van der Waals surface area (Å²) < 4.78 is 0. The van der Waals surface area contributed by atoms with Gasteiger partial charge < -0.3 is 30.9 Å². The quantitative estimate of drug-likeness (QED) is 0.124. The summed E-state index contributed by atoms with van der Waals surface area (Å²) in [5.41, 5.74) is 5.31. The number of aliphatic hydroxyl groups is 1. The molecular weight excluding hydrogens is 421 g/mol. The number of carbonyl (C=O) groups is 3. The van der Waals surface area contributed by atoms with Gasteiger partial charge in [0.1, 0.15) is 23.7 Å². The van der Waals surface area contributed by atoms with Gasteiger partial charge in [-0.1, -0.05) is 5.16 Å². The number of β-lactam (4-membered cyclic amide) rings is 1. The van der Waals surface area contributed by atoms with E-state index in [2.05, 4.69) is 15.5 Å². The van der Waals surface area contributed by atoms with Crippen molar-refractivity contribution in [3.05, 3.63) is 22.8 Å². The molecule has 2 aliphatic heterocycles. The minimum Gasteiger partial charge on any atom is -0.543 e. The van der Waals surface area contributed by atoms with Crippen molar-refractivity contribution in [2.75, 3.05) is 24.7 Å². The fraction of sp³-hybridized carbons (Fsp3) is 0.357. The first-order valence-corrected chi connectivity index (χ1v) is 9.56. The minimum atomic E-state index is -1.45. The van der Waals surface area contributed by atoms with Gasteiger partial charge in [0.15, 0.2) is 10.8 Å². The fourth-order valence-corrected chi connectivity index (χ4v) is 4.23. The number of carboxylic acids is 1. The zero-order valence-electron chi connectivity index (χ0n) is 14.7. The number of carboxylic acid groups (broad SMARTS) is 1. The van der Waals surface area contributed by atoms with E-state index in [9.17, 15) is 19.5 Å². The third-order valence-electron chi connectivity index (χ3n) is 3.66. The molecule has 1 aromatic rings. The second-order valence-electron chi connectivity index (χ2n) is 5.33. The summed E-state index contributed by atoms with van der Waals surface area (Å²) in [6.45, 7) is -0.435. The SMILES string of the molecule is Nc1nc(/C(=N/OCCO)C(=O)N[C@@H]2C(=O)N3C(C(=O)[O-])=CCS[C@H]23)cs1.[Na+]. The van der Waals surface area contributed by atoms with Gasteiger partial charge in [-0.05, 0) is 6.08 Å². The molecule has 2 aliphatic rings. The number of anilines is 1. The van der Waals surface area contributed by atoms with E-state index >= 15 is 0 Å². The first-order chi connectivity index (χ1) is 12.9. The topological polar surface area (TPSA) is 170 Å². The van der Waals surface area contributed by atoms with Crippen LogP contribution in [0.15, 0.2) is 22.3 Å². The number of oxime groups is 1. The second kappa shape index (κ2) is 9.71. The summed E-state index contributed by atoms with van der Waals surface area (Å²) in [6.07, 6.45) is 1.39. The first-order valence-electron chi connectivity index (χ1n) is 7.63. The molecule has 3 rings (SSSR count). The van der Waals surface area contributed by atoms with Crippen LogP contribution in [0.5, 0.6) is 0 Å². The van der Waals surface area contributed by atoms with Crippen LogP contribution in [0.25, 0.3) is 0 Å². The molecule has 1 fully saturated rings. The minimum absolute atomic E-state index is 0. The van der Waals surface area contributed by atoms with E-state index in [4.69, 9.17) is 15.7 Å². The van der Waals surface area contributed by atoms with Crippen molar-refractivity contribution < 1.29 is 59.0 Å². The number of thiazole rings is 1. The second-order valence-corrected chi connectivity index (χ2v) is 7.37. The van der Waals surface area contributed by atoms with Crippen LogP contribution in [0.3, 0.4) is 0 Å². The number of hydrogen-bond donors (Lipinski definition) is 3. The first kappa shape index (κ1) is 22.6. The molecule has 0 unspecified atom stereocenters. The van der Waals surface area contributed by atoms with Gasteiger partial charge in [-0.2, -0.15) is 0 Å². The summed E-state index contributed by atoms with van der Waals surface area (Å²) in [6, 6.07) is -0.926. The third-order valence-corrected chi connectivity index (χ3v) is 5.52. The Morgan fingerprint density at radius 3 is 2.89 bits per heavy atom. The van der Waals surface area contributed by atoms with Crippen molar-refractivity contribution in [1.82, 2.24) is 15.2 Å². The van der Waals surface area contributed by atoms with Crippen molar-refractivity contribution in [3.63, 3.8) is 0 Å². The number of nitrogens with two attached hydrogens (primary N) is 1. The molecule has 0 aromatic carbocycles. The number of aromatic nitrogens is 1. The van der Waals surface area contributed by atoms with Gasteiger partial charge in [0, 0.05) is 11.1 Å². The Morgan fingerprint density at radius 1 is 1.54 bits per heavy atom. The maximum Gasteiger partial charge on any atom is 1.00 e. The van der Waals surface area contributed by atoms with E-state index in [0.29, 0.717) is 5.75 Å². The summed E-state index contributed by atoms with van der Waals surface area (Å²) in [5.74, 6) is -2.38. The predicted octanol–water partition coefficient (Wildman–Crippen LogP) is -5.52. The van der Waals surface area contributed by atoms with Crippen molar-refractivity contribution in [2.45, 2.75) is 11.4 Å². The molecule has 1 saturated heterocycles. The number of amides is 2. The number of nitrogens with zero attached hydrogens (tertiary/aromatic N) is 3. The van der Waals surface area contributed by atoms with Crippen LogP contribution < -0.4 is 45.7 Å². The van der Waals surface area contributed by atoms with Crippen molar-refractivity contribution in [2.24, 2.45) is 5.16 Å². The van der Waals surface area contributed by atoms with Crippen LogP contribution in [0, 0.1) is 0 Å². The number of thioether (sulfide) groups is 1. The summed E-state index contributed by atoms with van der Waals surface area (Å²) in [4.78, 5) is 45.9. The van der Waals surface area contributed by atoms with Crippen molar-refractivity contribution in [3.8, 4) is 0 Å². The van der Waals surface area contributed by atoms with Gasteiger partial charge in [0.05, 0.1) is 18.3 Å². The number of hydrogen-bond acceptors (Lipinski definition) is 11. The third kappa shape index (κ3) is 4.50. The molecule has 28 heavy (non-hydrogen) atoms. The predicted molar refractivity (Wildman–Crippen MR) is 94.2 cm³/mol. The Kier molecular flexibility index (Phi) is 7.86. The Bertz CT molecular complexity index is 844. The Balaban J connectivity index is 0.00000280. The summed E-state index contributed by atoms with van der Waals surface area (Å²) in [7, 11) is 0. The zero-order valence-corrected chi connectivity index (χ0v) is 18.3. The largest absolute Gasteiger partial charge is 1.00 e. The monoisotopic (exact) mass is 435 g/mol. The van der Waals surface area contributed by atoms with E-state index in [0.717, 1.165) is 16.2 Å². The van der Waals surface area contributed by atoms with Gasteiger partial charge in [0.2, 0.25) is 0 Å². The molecule has 144 valence electrons. The van der Waals surface area contributed by atoms with Gasteiger partial charge >= 0.3 is 29.6 Å². The summed E-state index contributed by atoms with van der Waals surface area (Å²) >= 11 is 2.40. The van der Waals surface area contributed by atoms with Crippen LogP contribution >= 0.6 is 23.1 Å². The van der Waals surface area contributed by atoms with E-state index in [-0.39, 0.29) is 65.0 Å². The van der Waals surface area contributed by atoms with E-state index in [1.54, 1.807) is 0 Å². The number of rotatable bonds is 7. The molecular formula is C14H14N5NaO6S2. The average Bonchev–Trinajstić information content (AvgIpc) is 3.08. The molecule has 2 amide bonds. The number of carbonyl (C=O) groups excluding carboxylic acids is 3. The molecule has 1 aromatic heterocycles. The number of nitrogens with one attached hydrogen (secondary N) is 1. The molecule has 0 bridgehead atoms. The molecule has 0 aliphatic carbocycles. The normalized spacial score (nSPS) is 21.0. The van der Waals surface area contributed by atoms with Crippen LogP contribution in [0.2, 0.25) is 0 Å². The van der Waals surface area contributed by atoms with E-state index in [1.165, 1.54) is 23.2 Å². The number of nitrogen functional groups attached to an aromatic ring is 1. The van der Waals surface area contributed by atoms with Crippen molar-refractivity contribution in [1.29, 1.82) is 0 Å². The molecule has 3 heterocycles. The van der Waals surface area contributed by atoms with Crippen LogP contribution in [-0.4, -0.2) is 68.9 Å². The van der Waals surface area contributed by atoms with Crippen molar-refractivity contribution >= 4 is 51.7 Å². The Hall–Kier alpha value is -1.64. The van der Waals surface area contributed by atoms with Gasteiger partial charge in [-0.15, -0.1) is 23.1 Å². The van der Waals surface area contributed by atoms with E-state index in [1.807, 2.05) is 0 Å². The van der Waals surface area contributed by atoms with Gasteiger partial charge in [0.25, 0.3) is 11.8 Å². The molecule has 2 atom stereocenters. The number of aliphatic hydroxyl groups excluding tert-OH is 1. The fourth-order valence-electron chi connectivity index (χ4n) is 2.49. The standard InChI is InChI=1S/C14H15N5O6S2.Na/c15-14-16-6(5-27-14)8(18-25-3-2-20)10(21)17-9-11(22)19-7(13(23)24)1-4-26-12(9)19;/h1,5,9,12,20H,2-4H2,(H2,15,16)(H,17,21)(H,23,24);/q;+1/p-1/b18-8-;/t9-,12-;/m1./s1. The Morgan fingerprint density at radius 2 is 2.29 bits per heavy atom. The Labute approximate surface area is 189 Å². The van der Waals surface area contributed by atoms with Gasteiger partial charge in [-0.25, -0.2) is 4.98 Å². The van der Waals surface area contributed by atoms with Crippen LogP contribution in [0.4, 0.5) is 5.13 Å². The molecule has 11 nitrogen and oxygen atoms in total. The molecule has 0 saturated carbocycles. The maximum absolute atomic E-state index is 12.6. The van der Waals surface area contributed by atoms with E-state index < -0.39 is 29.2 Å². The number of aliphatic carboxylic acids is 1.